The molecule has 1 aromatic heterocycles. The van der Waals surface area contributed by atoms with Gasteiger partial charge in [-0.05, 0) is 18.9 Å². The average Bonchev–Trinajstić information content (AvgIpc) is 2.52. The summed E-state index contributed by atoms with van der Waals surface area (Å²) < 4.78 is 5.54. The Labute approximate surface area is 124 Å². The zero-order valence-electron chi connectivity index (χ0n) is 12.1. The van der Waals surface area contributed by atoms with Crippen LogP contribution in [0.4, 0.5) is 0 Å². The van der Waals surface area contributed by atoms with Crippen molar-refractivity contribution in [1.29, 1.82) is 0 Å². The zero-order valence-corrected chi connectivity index (χ0v) is 12.1. The molecule has 0 aliphatic rings. The molecule has 0 atom stereocenters. The van der Waals surface area contributed by atoms with Crippen LogP contribution in [0.5, 0.6) is 0 Å². The number of aryl methyl sites for hydroxylation is 1. The van der Waals surface area contributed by atoms with E-state index in [9.17, 15) is 4.79 Å². The van der Waals surface area contributed by atoms with Crippen LogP contribution in [0, 0.1) is 6.92 Å². The molecule has 21 heavy (non-hydrogen) atoms. The van der Waals surface area contributed by atoms with E-state index in [0.29, 0.717) is 25.5 Å². The molecule has 0 fully saturated rings. The van der Waals surface area contributed by atoms with Crippen LogP contribution in [0.1, 0.15) is 28.2 Å². The molecule has 5 nitrogen and oxygen atoms in total. The topological polar surface area (TPSA) is 64.1 Å². The molecule has 0 aliphatic carbocycles. The molecule has 1 N–H and O–H groups in total. The standard InChI is InChI=1S/C16H19N3O2/c1-13-10-19-15(11-18-13)16(20)17-8-5-9-21-12-14-6-3-2-4-7-14/h2-4,6-7,10-11H,5,8-9,12H2,1H3,(H,17,20). The summed E-state index contributed by atoms with van der Waals surface area (Å²) in [5.74, 6) is -0.203. The van der Waals surface area contributed by atoms with Crippen LogP contribution < -0.4 is 5.32 Å². The first-order valence-electron chi connectivity index (χ1n) is 6.94. The Morgan fingerprint density at radius 3 is 2.71 bits per heavy atom. The second kappa shape index (κ2) is 8.11. The molecular weight excluding hydrogens is 266 g/mol. The van der Waals surface area contributed by atoms with Gasteiger partial charge in [0.05, 0.1) is 18.5 Å². The van der Waals surface area contributed by atoms with Gasteiger partial charge in [-0.3, -0.25) is 9.78 Å². The maximum atomic E-state index is 11.8. The van der Waals surface area contributed by atoms with Crippen molar-refractivity contribution in [3.05, 3.63) is 59.7 Å². The van der Waals surface area contributed by atoms with Gasteiger partial charge in [0.25, 0.3) is 5.91 Å². The Balaban J connectivity index is 1.59. The monoisotopic (exact) mass is 285 g/mol. The van der Waals surface area contributed by atoms with Gasteiger partial charge in [-0.1, -0.05) is 30.3 Å². The Kier molecular flexibility index (Phi) is 5.84. The molecule has 0 saturated carbocycles. The number of hydrogen-bond donors (Lipinski definition) is 1. The SMILES string of the molecule is Cc1cnc(C(=O)NCCCOCc2ccccc2)cn1. The van der Waals surface area contributed by atoms with E-state index in [1.807, 2.05) is 37.3 Å². The molecule has 110 valence electrons. The molecule has 1 aromatic carbocycles. The molecule has 2 rings (SSSR count). The summed E-state index contributed by atoms with van der Waals surface area (Å²) in [6, 6.07) is 10.0. The molecule has 0 radical (unpaired) electrons. The molecule has 0 aliphatic heterocycles. The van der Waals surface area contributed by atoms with Crippen molar-refractivity contribution in [2.45, 2.75) is 20.0 Å². The van der Waals surface area contributed by atoms with Crippen LogP contribution in [0.3, 0.4) is 0 Å². The normalized spacial score (nSPS) is 10.3. The van der Waals surface area contributed by atoms with Crippen molar-refractivity contribution >= 4 is 5.91 Å². The second-order valence-electron chi connectivity index (χ2n) is 4.69. The number of benzene rings is 1. The fourth-order valence-corrected chi connectivity index (χ4v) is 1.74. The minimum absolute atomic E-state index is 0.203. The molecule has 2 aromatic rings. The number of rotatable bonds is 7. The van der Waals surface area contributed by atoms with Crippen LogP contribution in [0.2, 0.25) is 0 Å². The lowest BCUT2D eigenvalue weighted by Crippen LogP contribution is -2.26. The summed E-state index contributed by atoms with van der Waals surface area (Å²) in [5.41, 5.74) is 2.28. The molecule has 0 bridgehead atoms. The zero-order chi connectivity index (χ0) is 14.9. The lowest BCUT2D eigenvalue weighted by Gasteiger charge is -2.06. The lowest BCUT2D eigenvalue weighted by molar-refractivity contribution is 0.0929. The number of carbonyl (C=O) groups excluding carboxylic acids is 1. The third kappa shape index (κ3) is 5.31. The first kappa shape index (κ1) is 15.1. The summed E-state index contributed by atoms with van der Waals surface area (Å²) in [6.45, 7) is 3.59. The van der Waals surface area contributed by atoms with Crippen molar-refractivity contribution in [1.82, 2.24) is 15.3 Å². The predicted octanol–water partition coefficient (Wildman–Crippen LogP) is 2.12. The maximum absolute atomic E-state index is 11.8. The summed E-state index contributed by atoms with van der Waals surface area (Å²) in [6.07, 6.45) is 3.83. The summed E-state index contributed by atoms with van der Waals surface area (Å²) >= 11 is 0. The van der Waals surface area contributed by atoms with E-state index in [-0.39, 0.29) is 5.91 Å². The molecule has 1 heterocycles. The predicted molar refractivity (Wildman–Crippen MR) is 79.8 cm³/mol. The van der Waals surface area contributed by atoms with E-state index in [1.165, 1.54) is 6.20 Å². The van der Waals surface area contributed by atoms with Gasteiger partial charge < -0.3 is 10.1 Å². The highest BCUT2D eigenvalue weighted by atomic mass is 16.5. The maximum Gasteiger partial charge on any atom is 0.271 e. The molecule has 5 heteroatoms. The van der Waals surface area contributed by atoms with Crippen molar-refractivity contribution in [3.63, 3.8) is 0 Å². The molecule has 1 amide bonds. The highest BCUT2D eigenvalue weighted by Crippen LogP contribution is 2.00. The van der Waals surface area contributed by atoms with E-state index in [0.717, 1.165) is 17.7 Å². The molecule has 0 unspecified atom stereocenters. The van der Waals surface area contributed by atoms with Crippen molar-refractivity contribution in [3.8, 4) is 0 Å². The molecule has 0 saturated heterocycles. The summed E-state index contributed by atoms with van der Waals surface area (Å²) in [5, 5.41) is 2.80. The summed E-state index contributed by atoms with van der Waals surface area (Å²) in [7, 11) is 0. The highest BCUT2D eigenvalue weighted by Gasteiger charge is 2.06. The van der Waals surface area contributed by atoms with E-state index in [1.54, 1.807) is 6.20 Å². The number of ether oxygens (including phenoxy) is 1. The Bertz CT molecular complexity index is 555. The summed E-state index contributed by atoms with van der Waals surface area (Å²) in [4.78, 5) is 19.8. The van der Waals surface area contributed by atoms with Crippen molar-refractivity contribution < 1.29 is 9.53 Å². The van der Waals surface area contributed by atoms with E-state index in [2.05, 4.69) is 15.3 Å². The van der Waals surface area contributed by atoms with E-state index in [4.69, 9.17) is 4.74 Å². The number of carbonyl (C=O) groups is 1. The fourth-order valence-electron chi connectivity index (χ4n) is 1.74. The Morgan fingerprint density at radius 2 is 2.00 bits per heavy atom. The van der Waals surface area contributed by atoms with Gasteiger partial charge >= 0.3 is 0 Å². The third-order valence-electron chi connectivity index (χ3n) is 2.88. The third-order valence-corrected chi connectivity index (χ3v) is 2.88. The second-order valence-corrected chi connectivity index (χ2v) is 4.69. The number of amides is 1. The van der Waals surface area contributed by atoms with Crippen LogP contribution in [0.15, 0.2) is 42.7 Å². The van der Waals surface area contributed by atoms with Gasteiger partial charge in [-0.15, -0.1) is 0 Å². The number of nitrogens with one attached hydrogen (secondary N) is 1. The highest BCUT2D eigenvalue weighted by molar-refractivity contribution is 5.91. The smallest absolute Gasteiger partial charge is 0.271 e. The van der Waals surface area contributed by atoms with Crippen LogP contribution >= 0.6 is 0 Å². The van der Waals surface area contributed by atoms with Crippen LogP contribution in [0.25, 0.3) is 0 Å². The first-order chi connectivity index (χ1) is 10.3. The van der Waals surface area contributed by atoms with Crippen molar-refractivity contribution in [2.24, 2.45) is 0 Å². The number of aromatic nitrogens is 2. The fraction of sp³-hybridized carbons (Fsp3) is 0.312. The van der Waals surface area contributed by atoms with Crippen LogP contribution in [-0.4, -0.2) is 29.0 Å². The quantitative estimate of drug-likeness (QED) is 0.791. The Morgan fingerprint density at radius 1 is 1.19 bits per heavy atom. The lowest BCUT2D eigenvalue weighted by atomic mass is 10.2. The first-order valence-corrected chi connectivity index (χ1v) is 6.94. The van der Waals surface area contributed by atoms with Gasteiger partial charge in [0.15, 0.2) is 0 Å². The van der Waals surface area contributed by atoms with Crippen LogP contribution in [-0.2, 0) is 11.3 Å². The average molecular weight is 285 g/mol. The molecular formula is C16H19N3O2. The minimum Gasteiger partial charge on any atom is -0.377 e. The van der Waals surface area contributed by atoms with Gasteiger partial charge in [-0.25, -0.2) is 4.98 Å². The number of hydrogen-bond acceptors (Lipinski definition) is 4. The van der Waals surface area contributed by atoms with Gasteiger partial charge in [0.1, 0.15) is 5.69 Å². The van der Waals surface area contributed by atoms with Gasteiger partial charge in [0, 0.05) is 19.3 Å². The van der Waals surface area contributed by atoms with Gasteiger partial charge in [0.2, 0.25) is 0 Å². The number of nitrogens with zero attached hydrogens (tertiary/aromatic N) is 2. The molecule has 0 spiro atoms. The van der Waals surface area contributed by atoms with Gasteiger partial charge in [-0.2, -0.15) is 0 Å². The Hall–Kier alpha value is -2.27. The van der Waals surface area contributed by atoms with Crippen molar-refractivity contribution in [2.75, 3.05) is 13.2 Å². The largest absolute Gasteiger partial charge is 0.377 e. The van der Waals surface area contributed by atoms with E-state index >= 15 is 0 Å². The van der Waals surface area contributed by atoms with E-state index < -0.39 is 0 Å². The minimum atomic E-state index is -0.203.